The van der Waals surface area contributed by atoms with Gasteiger partial charge >= 0.3 is 0 Å². The van der Waals surface area contributed by atoms with Gasteiger partial charge in [-0.3, -0.25) is 9.69 Å². The Labute approximate surface area is 116 Å². The number of nitrogens with one attached hydrogen (secondary N) is 1. The van der Waals surface area contributed by atoms with Crippen LogP contribution in [0.1, 0.15) is 40.0 Å². The minimum Gasteiger partial charge on any atom is -0.381 e. The third kappa shape index (κ3) is 4.44. The molecular formula is C14H29N3O2. The number of carbonyl (C=O) groups is 1. The Hall–Kier alpha value is -0.650. The van der Waals surface area contributed by atoms with Gasteiger partial charge in [-0.1, -0.05) is 6.92 Å². The van der Waals surface area contributed by atoms with Gasteiger partial charge in [-0.2, -0.15) is 0 Å². The summed E-state index contributed by atoms with van der Waals surface area (Å²) < 4.78 is 5.42. The monoisotopic (exact) mass is 271 g/mol. The van der Waals surface area contributed by atoms with Crippen molar-refractivity contribution in [2.45, 2.75) is 57.7 Å². The lowest BCUT2D eigenvalue weighted by Gasteiger charge is -2.41. The number of carbonyl (C=O) groups excluding carboxylic acids is 1. The van der Waals surface area contributed by atoms with Crippen LogP contribution in [0.2, 0.25) is 0 Å². The lowest BCUT2D eigenvalue weighted by molar-refractivity contribution is -0.125. The van der Waals surface area contributed by atoms with Crippen LogP contribution in [0.15, 0.2) is 0 Å². The van der Waals surface area contributed by atoms with E-state index in [1.54, 1.807) is 7.11 Å². The second kappa shape index (κ2) is 7.22. The van der Waals surface area contributed by atoms with Crippen molar-refractivity contribution in [3.8, 4) is 0 Å². The highest BCUT2D eigenvalue weighted by Crippen LogP contribution is 2.21. The number of likely N-dealkylation sites (tertiary alicyclic amines) is 1. The van der Waals surface area contributed by atoms with E-state index >= 15 is 0 Å². The van der Waals surface area contributed by atoms with Crippen molar-refractivity contribution in [3.63, 3.8) is 0 Å². The Kier molecular flexibility index (Phi) is 6.23. The summed E-state index contributed by atoms with van der Waals surface area (Å²) in [5.74, 6) is -0.276. The second-order valence-corrected chi connectivity index (χ2v) is 5.82. The SMILES string of the molecule is CCCNC(C)(CN1CCC(OC)CC1C)C(N)=O. The van der Waals surface area contributed by atoms with E-state index in [9.17, 15) is 4.79 Å². The first-order valence-corrected chi connectivity index (χ1v) is 7.24. The number of hydrogen-bond donors (Lipinski definition) is 2. The van der Waals surface area contributed by atoms with Gasteiger partial charge in [-0.25, -0.2) is 0 Å². The van der Waals surface area contributed by atoms with Crippen LogP contribution in [0.3, 0.4) is 0 Å². The average Bonchev–Trinajstić information content (AvgIpc) is 2.38. The molecule has 3 unspecified atom stereocenters. The fourth-order valence-electron chi connectivity index (χ4n) is 2.65. The summed E-state index contributed by atoms with van der Waals surface area (Å²) in [5, 5.41) is 3.29. The average molecular weight is 271 g/mol. The van der Waals surface area contributed by atoms with E-state index in [1.807, 2.05) is 6.92 Å². The van der Waals surface area contributed by atoms with Gasteiger partial charge in [0.1, 0.15) is 5.54 Å². The zero-order valence-corrected chi connectivity index (χ0v) is 12.7. The summed E-state index contributed by atoms with van der Waals surface area (Å²) in [4.78, 5) is 14.1. The van der Waals surface area contributed by atoms with E-state index in [4.69, 9.17) is 10.5 Å². The molecule has 1 rings (SSSR count). The first-order chi connectivity index (χ1) is 8.92. The van der Waals surface area contributed by atoms with Gasteiger partial charge in [0.05, 0.1) is 6.10 Å². The molecule has 0 aromatic heterocycles. The smallest absolute Gasteiger partial charge is 0.238 e. The fraction of sp³-hybridized carbons (Fsp3) is 0.929. The molecule has 0 saturated carbocycles. The van der Waals surface area contributed by atoms with Crippen molar-refractivity contribution in [2.24, 2.45) is 5.73 Å². The molecule has 1 aliphatic heterocycles. The number of nitrogens with two attached hydrogens (primary N) is 1. The van der Waals surface area contributed by atoms with E-state index in [-0.39, 0.29) is 5.91 Å². The molecular weight excluding hydrogens is 242 g/mol. The molecule has 0 spiro atoms. The molecule has 1 fully saturated rings. The normalized spacial score (nSPS) is 28.0. The van der Waals surface area contributed by atoms with Crippen molar-refractivity contribution in [3.05, 3.63) is 0 Å². The maximum Gasteiger partial charge on any atom is 0.238 e. The summed E-state index contributed by atoms with van der Waals surface area (Å²) in [7, 11) is 1.77. The molecule has 5 heteroatoms. The topological polar surface area (TPSA) is 67.6 Å². The van der Waals surface area contributed by atoms with Crippen molar-refractivity contribution >= 4 is 5.91 Å². The highest BCUT2D eigenvalue weighted by atomic mass is 16.5. The van der Waals surface area contributed by atoms with Crippen LogP contribution >= 0.6 is 0 Å². The number of rotatable bonds is 7. The fourth-order valence-corrected chi connectivity index (χ4v) is 2.65. The van der Waals surface area contributed by atoms with Crippen LogP contribution in [0, 0.1) is 0 Å². The number of ether oxygens (including phenoxy) is 1. The van der Waals surface area contributed by atoms with Gasteiger partial charge in [-0.15, -0.1) is 0 Å². The summed E-state index contributed by atoms with van der Waals surface area (Å²) >= 11 is 0. The molecule has 1 saturated heterocycles. The second-order valence-electron chi connectivity index (χ2n) is 5.82. The van der Waals surface area contributed by atoms with Crippen molar-refractivity contribution in [1.29, 1.82) is 0 Å². The molecule has 0 radical (unpaired) electrons. The summed E-state index contributed by atoms with van der Waals surface area (Å²) in [6, 6.07) is 0.417. The Morgan fingerprint density at radius 2 is 2.26 bits per heavy atom. The number of methoxy groups -OCH3 is 1. The highest BCUT2D eigenvalue weighted by Gasteiger charge is 2.36. The van der Waals surface area contributed by atoms with E-state index in [2.05, 4.69) is 24.1 Å². The maximum atomic E-state index is 11.7. The third-order valence-corrected chi connectivity index (χ3v) is 4.13. The molecule has 3 N–H and O–H groups in total. The van der Waals surface area contributed by atoms with E-state index < -0.39 is 5.54 Å². The minimum atomic E-state index is -0.649. The molecule has 1 heterocycles. The number of amides is 1. The summed E-state index contributed by atoms with van der Waals surface area (Å²) in [6.07, 6.45) is 3.36. The third-order valence-electron chi connectivity index (χ3n) is 4.13. The molecule has 0 aromatic carbocycles. The molecule has 3 atom stereocenters. The largest absolute Gasteiger partial charge is 0.381 e. The molecule has 0 aliphatic carbocycles. The van der Waals surface area contributed by atoms with Crippen LogP contribution in [0.25, 0.3) is 0 Å². The van der Waals surface area contributed by atoms with Crippen LogP contribution in [-0.2, 0) is 9.53 Å². The quantitative estimate of drug-likeness (QED) is 0.716. The Bertz CT molecular complexity index is 298. The molecule has 1 amide bonds. The lowest BCUT2D eigenvalue weighted by Crippen LogP contribution is -2.61. The van der Waals surface area contributed by atoms with Crippen molar-refractivity contribution in [2.75, 3.05) is 26.7 Å². The first kappa shape index (κ1) is 16.4. The molecule has 19 heavy (non-hydrogen) atoms. The predicted octanol–water partition coefficient (Wildman–Crippen LogP) is 0.729. The molecule has 112 valence electrons. The van der Waals surface area contributed by atoms with E-state index in [1.165, 1.54) is 0 Å². The minimum absolute atomic E-state index is 0.276. The molecule has 0 aromatic rings. The zero-order valence-electron chi connectivity index (χ0n) is 12.7. The molecule has 5 nitrogen and oxygen atoms in total. The molecule has 0 bridgehead atoms. The Balaban J connectivity index is 2.62. The first-order valence-electron chi connectivity index (χ1n) is 7.24. The standard InChI is InChI=1S/C14H29N3O2/c1-5-7-16-14(3,13(15)18)10-17-8-6-12(19-4)9-11(17)2/h11-12,16H,5-10H2,1-4H3,(H2,15,18). The number of piperidine rings is 1. The van der Waals surface area contributed by atoms with Crippen LogP contribution in [-0.4, -0.2) is 55.2 Å². The van der Waals surface area contributed by atoms with Gasteiger partial charge in [0, 0.05) is 26.2 Å². The zero-order chi connectivity index (χ0) is 14.5. The van der Waals surface area contributed by atoms with Crippen molar-refractivity contribution in [1.82, 2.24) is 10.2 Å². The Morgan fingerprint density at radius 1 is 1.58 bits per heavy atom. The lowest BCUT2D eigenvalue weighted by atomic mass is 9.95. The molecule has 1 aliphatic rings. The maximum absolute atomic E-state index is 11.7. The van der Waals surface area contributed by atoms with Crippen LogP contribution in [0.4, 0.5) is 0 Å². The van der Waals surface area contributed by atoms with Gasteiger partial charge in [-0.05, 0) is 39.7 Å². The van der Waals surface area contributed by atoms with E-state index in [0.29, 0.717) is 18.7 Å². The number of nitrogens with zero attached hydrogens (tertiary/aromatic N) is 1. The number of primary amides is 1. The Morgan fingerprint density at radius 3 is 2.74 bits per heavy atom. The summed E-state index contributed by atoms with van der Waals surface area (Å²) in [6.45, 7) is 8.60. The van der Waals surface area contributed by atoms with Gasteiger partial charge in [0.2, 0.25) is 5.91 Å². The summed E-state index contributed by atoms with van der Waals surface area (Å²) in [5.41, 5.74) is 4.93. The van der Waals surface area contributed by atoms with Gasteiger partial charge < -0.3 is 15.8 Å². The van der Waals surface area contributed by atoms with Gasteiger partial charge in [0.15, 0.2) is 0 Å². The highest BCUT2D eigenvalue weighted by molar-refractivity contribution is 5.84. The number of hydrogen-bond acceptors (Lipinski definition) is 4. The van der Waals surface area contributed by atoms with E-state index in [0.717, 1.165) is 32.4 Å². The van der Waals surface area contributed by atoms with Crippen LogP contribution in [0.5, 0.6) is 0 Å². The van der Waals surface area contributed by atoms with Crippen molar-refractivity contribution < 1.29 is 9.53 Å². The van der Waals surface area contributed by atoms with Crippen LogP contribution < -0.4 is 11.1 Å². The predicted molar refractivity (Wildman–Crippen MR) is 77.0 cm³/mol. The van der Waals surface area contributed by atoms with Gasteiger partial charge in [0.25, 0.3) is 0 Å².